The zero-order valence-electron chi connectivity index (χ0n) is 16.4. The third-order valence-electron chi connectivity index (χ3n) is 4.37. The highest BCUT2D eigenvalue weighted by Crippen LogP contribution is 2.21. The number of nitrogens with one attached hydrogen (secondary N) is 1. The first-order valence-electron chi connectivity index (χ1n) is 9.01. The van der Waals surface area contributed by atoms with E-state index in [4.69, 9.17) is 10.00 Å². The average molecular weight is 379 g/mol. The molecule has 2 amide bonds. The summed E-state index contributed by atoms with van der Waals surface area (Å²) in [4.78, 5) is 27.0. The minimum Gasteiger partial charge on any atom is -0.479 e. The standard InChI is InChI=1S/C22H25N3O3/c1-22(2,21(27)25(3)16-17-8-5-4-6-9-17)20(26)24-15-18-10-7-11-19(14-18)28-13-12-23/h4-11,14H,13,15-16H2,1-3H3,(H,24,26). The number of ether oxygens (including phenoxy) is 1. The lowest BCUT2D eigenvalue weighted by Crippen LogP contribution is -2.48. The Hall–Kier alpha value is -3.33. The van der Waals surface area contributed by atoms with Crippen molar-refractivity contribution in [2.45, 2.75) is 26.9 Å². The van der Waals surface area contributed by atoms with Crippen molar-refractivity contribution in [3.8, 4) is 11.8 Å². The van der Waals surface area contributed by atoms with Crippen molar-refractivity contribution in [2.75, 3.05) is 13.7 Å². The third-order valence-corrected chi connectivity index (χ3v) is 4.37. The number of nitriles is 1. The van der Waals surface area contributed by atoms with E-state index in [1.165, 1.54) is 0 Å². The van der Waals surface area contributed by atoms with Crippen LogP contribution in [0.4, 0.5) is 0 Å². The summed E-state index contributed by atoms with van der Waals surface area (Å²) < 4.78 is 5.26. The van der Waals surface area contributed by atoms with Crippen molar-refractivity contribution in [2.24, 2.45) is 5.41 Å². The molecule has 0 saturated carbocycles. The van der Waals surface area contributed by atoms with Crippen molar-refractivity contribution < 1.29 is 14.3 Å². The van der Waals surface area contributed by atoms with Crippen LogP contribution in [0, 0.1) is 16.7 Å². The van der Waals surface area contributed by atoms with Gasteiger partial charge in [-0.25, -0.2) is 0 Å². The van der Waals surface area contributed by atoms with E-state index in [1.807, 2.05) is 42.5 Å². The molecule has 146 valence electrons. The van der Waals surface area contributed by atoms with Crippen molar-refractivity contribution in [1.29, 1.82) is 5.26 Å². The predicted octanol–water partition coefficient (Wildman–Crippen LogP) is 2.89. The summed E-state index contributed by atoms with van der Waals surface area (Å²) in [6.07, 6.45) is 0. The highest BCUT2D eigenvalue weighted by molar-refractivity contribution is 6.04. The van der Waals surface area contributed by atoms with E-state index < -0.39 is 5.41 Å². The van der Waals surface area contributed by atoms with Gasteiger partial charge in [-0.2, -0.15) is 5.26 Å². The number of benzene rings is 2. The fourth-order valence-electron chi connectivity index (χ4n) is 2.77. The van der Waals surface area contributed by atoms with Gasteiger partial charge in [0.05, 0.1) is 0 Å². The van der Waals surface area contributed by atoms with Crippen LogP contribution < -0.4 is 10.1 Å². The molecule has 2 aromatic rings. The third kappa shape index (κ3) is 5.58. The van der Waals surface area contributed by atoms with Crippen LogP contribution in [0.5, 0.6) is 5.75 Å². The molecule has 2 rings (SSSR count). The molecule has 0 fully saturated rings. The summed E-state index contributed by atoms with van der Waals surface area (Å²) in [5, 5.41) is 11.4. The van der Waals surface area contributed by atoms with Crippen LogP contribution in [0.15, 0.2) is 54.6 Å². The van der Waals surface area contributed by atoms with Gasteiger partial charge in [-0.05, 0) is 37.1 Å². The quantitative estimate of drug-likeness (QED) is 0.715. The van der Waals surface area contributed by atoms with E-state index in [0.29, 0.717) is 12.3 Å². The maximum atomic E-state index is 12.8. The van der Waals surface area contributed by atoms with Crippen LogP contribution in [-0.4, -0.2) is 30.4 Å². The van der Waals surface area contributed by atoms with E-state index in [-0.39, 0.29) is 25.0 Å². The minimum absolute atomic E-state index is 0.0366. The first-order valence-corrected chi connectivity index (χ1v) is 9.01. The van der Waals surface area contributed by atoms with Crippen LogP contribution in [0.1, 0.15) is 25.0 Å². The largest absolute Gasteiger partial charge is 0.479 e. The molecule has 0 unspecified atom stereocenters. The summed E-state index contributed by atoms with van der Waals surface area (Å²) in [5.41, 5.74) is 0.631. The van der Waals surface area contributed by atoms with Gasteiger partial charge in [0.1, 0.15) is 17.2 Å². The molecule has 0 heterocycles. The second kappa shape index (κ2) is 9.56. The monoisotopic (exact) mass is 379 g/mol. The highest BCUT2D eigenvalue weighted by atomic mass is 16.5. The molecule has 0 spiro atoms. The molecule has 0 aromatic heterocycles. The van der Waals surface area contributed by atoms with Crippen LogP contribution >= 0.6 is 0 Å². The summed E-state index contributed by atoms with van der Waals surface area (Å²) in [5.74, 6) is -0.0352. The molecular weight excluding hydrogens is 354 g/mol. The van der Waals surface area contributed by atoms with Crippen LogP contribution in [0.2, 0.25) is 0 Å². The maximum absolute atomic E-state index is 12.8. The van der Waals surface area contributed by atoms with Gasteiger partial charge >= 0.3 is 0 Å². The Kier molecular flexibility index (Phi) is 7.16. The summed E-state index contributed by atoms with van der Waals surface area (Å²) >= 11 is 0. The van der Waals surface area contributed by atoms with E-state index >= 15 is 0 Å². The van der Waals surface area contributed by atoms with Gasteiger partial charge in [-0.15, -0.1) is 0 Å². The number of carbonyl (C=O) groups excluding carboxylic acids is 2. The normalized spacial score (nSPS) is 10.6. The number of hydrogen-bond donors (Lipinski definition) is 1. The molecule has 0 atom stereocenters. The zero-order valence-corrected chi connectivity index (χ0v) is 16.4. The van der Waals surface area contributed by atoms with E-state index in [0.717, 1.165) is 11.1 Å². The lowest BCUT2D eigenvalue weighted by atomic mass is 9.90. The van der Waals surface area contributed by atoms with Crippen molar-refractivity contribution in [1.82, 2.24) is 10.2 Å². The lowest BCUT2D eigenvalue weighted by molar-refractivity contribution is -0.148. The topological polar surface area (TPSA) is 82.4 Å². The van der Waals surface area contributed by atoms with Crippen LogP contribution in [-0.2, 0) is 22.7 Å². The second-order valence-corrected chi connectivity index (χ2v) is 7.05. The molecule has 2 aromatic carbocycles. The molecule has 0 radical (unpaired) electrons. The van der Waals surface area contributed by atoms with Gasteiger partial charge < -0.3 is 15.0 Å². The van der Waals surface area contributed by atoms with E-state index in [1.54, 1.807) is 44.0 Å². The van der Waals surface area contributed by atoms with E-state index in [9.17, 15) is 9.59 Å². The SMILES string of the molecule is CN(Cc1ccccc1)C(=O)C(C)(C)C(=O)NCc1cccc(OCC#N)c1. The van der Waals surface area contributed by atoms with Gasteiger partial charge in [0, 0.05) is 20.1 Å². The molecule has 1 N–H and O–H groups in total. The summed E-state index contributed by atoms with van der Waals surface area (Å²) in [7, 11) is 1.69. The fourth-order valence-corrected chi connectivity index (χ4v) is 2.77. The van der Waals surface area contributed by atoms with Gasteiger partial charge in [0.25, 0.3) is 0 Å². The van der Waals surface area contributed by atoms with E-state index in [2.05, 4.69) is 5.32 Å². The molecule has 6 nitrogen and oxygen atoms in total. The lowest BCUT2D eigenvalue weighted by Gasteiger charge is -2.28. The Bertz CT molecular complexity index is 857. The smallest absolute Gasteiger partial charge is 0.237 e. The Balaban J connectivity index is 1.96. The number of amides is 2. The number of rotatable bonds is 8. The Morgan fingerprint density at radius 2 is 1.79 bits per heavy atom. The molecule has 0 bridgehead atoms. The van der Waals surface area contributed by atoms with Crippen LogP contribution in [0.25, 0.3) is 0 Å². The maximum Gasteiger partial charge on any atom is 0.237 e. The second-order valence-electron chi connectivity index (χ2n) is 7.05. The highest BCUT2D eigenvalue weighted by Gasteiger charge is 2.37. The van der Waals surface area contributed by atoms with Gasteiger partial charge in [-0.1, -0.05) is 42.5 Å². The Morgan fingerprint density at radius 3 is 2.46 bits per heavy atom. The molecule has 6 heteroatoms. The van der Waals surface area contributed by atoms with Crippen molar-refractivity contribution in [3.05, 3.63) is 65.7 Å². The van der Waals surface area contributed by atoms with Crippen LogP contribution in [0.3, 0.4) is 0 Å². The molecule has 0 aliphatic heterocycles. The minimum atomic E-state index is -1.20. The molecular formula is C22H25N3O3. The van der Waals surface area contributed by atoms with Crippen molar-refractivity contribution in [3.63, 3.8) is 0 Å². The number of nitrogens with zero attached hydrogens (tertiary/aromatic N) is 2. The fraction of sp³-hybridized carbons (Fsp3) is 0.318. The number of hydrogen-bond acceptors (Lipinski definition) is 4. The molecule has 0 saturated heterocycles. The summed E-state index contributed by atoms with van der Waals surface area (Å²) in [6.45, 7) is 3.92. The Morgan fingerprint density at radius 1 is 1.11 bits per heavy atom. The summed E-state index contributed by atoms with van der Waals surface area (Å²) in [6, 6.07) is 18.7. The predicted molar refractivity (Wildman–Crippen MR) is 106 cm³/mol. The first kappa shape index (κ1) is 21.0. The Labute approximate surface area is 165 Å². The van der Waals surface area contributed by atoms with Gasteiger partial charge in [0.15, 0.2) is 6.61 Å². The average Bonchev–Trinajstić information content (AvgIpc) is 2.70. The zero-order chi connectivity index (χ0) is 20.6. The molecule has 0 aliphatic rings. The van der Waals surface area contributed by atoms with Gasteiger partial charge in [-0.3, -0.25) is 9.59 Å². The van der Waals surface area contributed by atoms with Gasteiger partial charge in [0.2, 0.25) is 11.8 Å². The van der Waals surface area contributed by atoms with Crippen molar-refractivity contribution >= 4 is 11.8 Å². The first-order chi connectivity index (χ1) is 13.3. The number of carbonyl (C=O) groups is 2. The molecule has 28 heavy (non-hydrogen) atoms. The molecule has 0 aliphatic carbocycles.